The van der Waals surface area contributed by atoms with Crippen molar-refractivity contribution in [1.29, 1.82) is 0 Å². The summed E-state index contributed by atoms with van der Waals surface area (Å²) in [6, 6.07) is 8.28. The molecule has 0 bridgehead atoms. The van der Waals surface area contributed by atoms with E-state index in [2.05, 4.69) is 9.97 Å². The number of aromatic amines is 1. The number of carbonyl (C=O) groups excluding carboxylic acids is 1. The largest absolute Gasteiger partial charge is 0.507 e. The van der Waals surface area contributed by atoms with Crippen LogP contribution >= 0.6 is 0 Å². The third-order valence-electron chi connectivity index (χ3n) is 4.47. The lowest BCUT2D eigenvalue weighted by atomic mass is 10.1. The van der Waals surface area contributed by atoms with E-state index in [0.29, 0.717) is 35.6 Å². The summed E-state index contributed by atoms with van der Waals surface area (Å²) >= 11 is 0. The maximum absolute atomic E-state index is 12.6. The molecule has 0 unspecified atom stereocenters. The summed E-state index contributed by atoms with van der Waals surface area (Å²) in [5, 5.41) is 10.3. The number of nitrogens with zero attached hydrogens (tertiary/aromatic N) is 2. The lowest BCUT2D eigenvalue weighted by molar-refractivity contribution is -0.125. The third-order valence-corrected chi connectivity index (χ3v) is 4.47. The molecule has 1 amide bonds. The van der Waals surface area contributed by atoms with Gasteiger partial charge in [0.1, 0.15) is 11.4 Å². The van der Waals surface area contributed by atoms with Crippen LogP contribution < -0.4 is 15.0 Å². The van der Waals surface area contributed by atoms with Crippen LogP contribution in [0.3, 0.4) is 0 Å². The fraction of sp³-hybridized carbons (Fsp3) is 0.227. The van der Waals surface area contributed by atoms with Gasteiger partial charge < -0.3 is 24.5 Å². The van der Waals surface area contributed by atoms with Gasteiger partial charge in [0, 0.05) is 37.5 Å². The lowest BCUT2D eigenvalue weighted by Crippen LogP contribution is -2.24. The predicted octanol–water partition coefficient (Wildman–Crippen LogP) is 2.71. The molecule has 8 nitrogen and oxygen atoms in total. The molecule has 0 spiro atoms. The molecule has 2 aromatic heterocycles. The second-order valence-corrected chi connectivity index (χ2v) is 6.59. The van der Waals surface area contributed by atoms with Crippen LogP contribution in [0, 0.1) is 0 Å². The van der Waals surface area contributed by atoms with Crippen molar-refractivity contribution in [3.63, 3.8) is 0 Å². The number of rotatable bonds is 7. The predicted molar refractivity (Wildman–Crippen MR) is 114 cm³/mol. The Morgan fingerprint density at radius 3 is 2.87 bits per heavy atom. The number of carbonyl (C=O) groups is 1. The molecule has 2 N–H and O–H groups in total. The fourth-order valence-electron chi connectivity index (χ4n) is 3.00. The Balaban J connectivity index is 1.77. The number of hydrogen-bond donors (Lipinski definition) is 2. The monoisotopic (exact) mass is 409 g/mol. The van der Waals surface area contributed by atoms with Crippen molar-refractivity contribution in [2.45, 2.75) is 13.5 Å². The van der Waals surface area contributed by atoms with E-state index >= 15 is 0 Å². The molecule has 3 rings (SSSR count). The van der Waals surface area contributed by atoms with Crippen LogP contribution in [0.2, 0.25) is 0 Å². The molecule has 156 valence electrons. The number of benzene rings is 1. The van der Waals surface area contributed by atoms with Crippen molar-refractivity contribution in [3.8, 4) is 17.2 Å². The van der Waals surface area contributed by atoms with E-state index in [4.69, 9.17) is 9.47 Å². The molecule has 30 heavy (non-hydrogen) atoms. The molecule has 1 aromatic carbocycles. The zero-order chi connectivity index (χ0) is 21.7. The average Bonchev–Trinajstić information content (AvgIpc) is 2.73. The molecule has 3 aromatic rings. The van der Waals surface area contributed by atoms with E-state index in [0.717, 1.165) is 11.6 Å². The number of nitrogens with one attached hydrogen (secondary N) is 1. The minimum absolute atomic E-state index is 0.165. The number of ether oxygens (including phenoxy) is 2. The van der Waals surface area contributed by atoms with Crippen LogP contribution in [0.25, 0.3) is 17.1 Å². The zero-order valence-electron chi connectivity index (χ0n) is 17.0. The molecule has 0 saturated carbocycles. The number of aromatic hydroxyl groups is 1. The van der Waals surface area contributed by atoms with Gasteiger partial charge in [-0.15, -0.1) is 0 Å². The van der Waals surface area contributed by atoms with Crippen molar-refractivity contribution in [2.75, 3.05) is 20.8 Å². The molecule has 0 radical (unpaired) electrons. The van der Waals surface area contributed by atoms with E-state index in [9.17, 15) is 14.7 Å². The molecule has 0 saturated heterocycles. The van der Waals surface area contributed by atoms with Gasteiger partial charge in [0.25, 0.3) is 5.56 Å². The Labute approximate surface area is 173 Å². The second-order valence-electron chi connectivity index (χ2n) is 6.59. The number of para-hydroxylation sites is 1. The van der Waals surface area contributed by atoms with Gasteiger partial charge in [-0.2, -0.15) is 0 Å². The van der Waals surface area contributed by atoms with Crippen LogP contribution in [0.4, 0.5) is 0 Å². The first-order chi connectivity index (χ1) is 14.4. The van der Waals surface area contributed by atoms with Gasteiger partial charge in [0.2, 0.25) is 5.91 Å². The standard InChI is InChI=1S/C22H23N3O5/c1-4-30-21-15(6-5-7-18(21)29-3)13-25(2)20(28)9-8-14-10-16-17(26)11-19(27)24-22(16)23-12-14/h5-12H,4,13H2,1-3H3,(H2,23,24,26,27)/b9-8-. The van der Waals surface area contributed by atoms with E-state index in [1.165, 1.54) is 12.3 Å². The first-order valence-electron chi connectivity index (χ1n) is 9.36. The van der Waals surface area contributed by atoms with Crippen molar-refractivity contribution in [1.82, 2.24) is 14.9 Å². The molecule has 2 heterocycles. The molecular weight excluding hydrogens is 386 g/mol. The maximum Gasteiger partial charge on any atom is 0.253 e. The highest BCUT2D eigenvalue weighted by Gasteiger charge is 2.14. The minimum Gasteiger partial charge on any atom is -0.507 e. The highest BCUT2D eigenvalue weighted by atomic mass is 16.5. The van der Waals surface area contributed by atoms with Crippen molar-refractivity contribution >= 4 is 23.0 Å². The normalized spacial score (nSPS) is 11.0. The van der Waals surface area contributed by atoms with Gasteiger partial charge in [-0.1, -0.05) is 12.1 Å². The number of aromatic nitrogens is 2. The summed E-state index contributed by atoms with van der Waals surface area (Å²) < 4.78 is 11.0. The van der Waals surface area contributed by atoms with Gasteiger partial charge in [-0.25, -0.2) is 4.98 Å². The van der Waals surface area contributed by atoms with Gasteiger partial charge in [-0.3, -0.25) is 9.59 Å². The molecule has 0 aliphatic heterocycles. The summed E-state index contributed by atoms with van der Waals surface area (Å²) in [6.45, 7) is 2.71. The summed E-state index contributed by atoms with van der Waals surface area (Å²) in [5.74, 6) is 0.854. The average molecular weight is 409 g/mol. The van der Waals surface area contributed by atoms with E-state index in [-0.39, 0.29) is 17.3 Å². The number of amides is 1. The number of H-pyrrole nitrogens is 1. The first kappa shape index (κ1) is 20.9. The lowest BCUT2D eigenvalue weighted by Gasteiger charge is -2.19. The Morgan fingerprint density at radius 2 is 2.13 bits per heavy atom. The van der Waals surface area contributed by atoms with Crippen molar-refractivity contribution in [3.05, 3.63) is 64.1 Å². The number of fused-ring (bicyclic) bond motifs is 1. The van der Waals surface area contributed by atoms with Crippen molar-refractivity contribution in [2.24, 2.45) is 0 Å². The Kier molecular flexibility index (Phi) is 6.36. The number of methoxy groups -OCH3 is 1. The Morgan fingerprint density at radius 1 is 1.33 bits per heavy atom. The molecule has 0 aliphatic rings. The highest BCUT2D eigenvalue weighted by molar-refractivity contribution is 5.92. The molecule has 0 atom stereocenters. The Bertz CT molecular complexity index is 1150. The molecule has 8 heteroatoms. The smallest absolute Gasteiger partial charge is 0.253 e. The number of hydrogen-bond acceptors (Lipinski definition) is 6. The molecular formula is C22H23N3O5. The number of likely N-dealkylation sites (N-methyl/N-ethyl adjacent to an activating group) is 1. The Hall–Kier alpha value is -3.81. The summed E-state index contributed by atoms with van der Waals surface area (Å²) in [5.41, 5.74) is 1.29. The SMILES string of the molecule is CCOc1c(CN(C)C(=O)/C=C\c2cnc3[nH]c(=O)cc(O)c3c2)cccc1OC. The molecule has 0 fully saturated rings. The summed E-state index contributed by atoms with van der Waals surface area (Å²) in [4.78, 5) is 32.2. The van der Waals surface area contributed by atoms with Gasteiger partial charge in [0.05, 0.1) is 19.1 Å². The summed E-state index contributed by atoms with van der Waals surface area (Å²) in [6.07, 6.45) is 4.54. The highest BCUT2D eigenvalue weighted by Crippen LogP contribution is 2.31. The third kappa shape index (κ3) is 4.60. The van der Waals surface area contributed by atoms with Crippen molar-refractivity contribution < 1.29 is 19.4 Å². The van der Waals surface area contributed by atoms with Crippen LogP contribution in [-0.4, -0.2) is 46.6 Å². The minimum atomic E-state index is -0.434. The van der Waals surface area contributed by atoms with Crippen LogP contribution in [0.5, 0.6) is 17.2 Å². The van der Waals surface area contributed by atoms with E-state index < -0.39 is 5.56 Å². The van der Waals surface area contributed by atoms with E-state index in [1.807, 2.05) is 25.1 Å². The topological polar surface area (TPSA) is 105 Å². The van der Waals surface area contributed by atoms with Gasteiger partial charge >= 0.3 is 0 Å². The van der Waals surface area contributed by atoms with Crippen LogP contribution in [0.1, 0.15) is 18.1 Å². The van der Waals surface area contributed by atoms with Gasteiger partial charge in [-0.05, 0) is 30.7 Å². The van der Waals surface area contributed by atoms with E-state index in [1.54, 1.807) is 31.2 Å². The first-order valence-corrected chi connectivity index (χ1v) is 9.36. The quantitative estimate of drug-likeness (QED) is 0.582. The second kappa shape index (κ2) is 9.13. The van der Waals surface area contributed by atoms with Crippen LogP contribution in [0.15, 0.2) is 47.4 Å². The number of pyridine rings is 2. The fourth-order valence-corrected chi connectivity index (χ4v) is 3.00. The van der Waals surface area contributed by atoms with Gasteiger partial charge in [0.15, 0.2) is 11.5 Å². The summed E-state index contributed by atoms with van der Waals surface area (Å²) in [7, 11) is 3.27. The zero-order valence-corrected chi connectivity index (χ0v) is 17.0. The van der Waals surface area contributed by atoms with Crippen LogP contribution in [-0.2, 0) is 11.3 Å². The maximum atomic E-state index is 12.6. The molecule has 0 aliphatic carbocycles.